The summed E-state index contributed by atoms with van der Waals surface area (Å²) in [6, 6.07) is 7.93. The number of rotatable bonds is 8. The minimum absolute atomic E-state index is 0.160. The summed E-state index contributed by atoms with van der Waals surface area (Å²) >= 11 is 0. The van der Waals surface area contributed by atoms with Crippen molar-refractivity contribution in [1.82, 2.24) is 19.9 Å². The second-order valence-electron chi connectivity index (χ2n) is 14.0. The van der Waals surface area contributed by atoms with Crippen LogP contribution in [0.15, 0.2) is 41.1 Å². The standard InChI is InChI=1S/C39H46N7O5P/c1-10-23-19(2)26-15-27-20(3)24(11-13-34(47)50-8)31(42-27)18-32-25(12-14-35(48)51-9)21(4)28(43-32)17-33-36(22(5)29(44-33)16-30(23)41-26)37(6)38(7,40)39(49,52)46-45-37/h10,15-18,41,44,49H,1,11-14,40,52H2,2-9H3/t37-,38+,39-/m1/s1. The third kappa shape index (κ3) is 5.92. The summed E-state index contributed by atoms with van der Waals surface area (Å²) in [5, 5.41) is 20.1. The summed E-state index contributed by atoms with van der Waals surface area (Å²) in [5.41, 5.74) is 15.8. The fraction of sp³-hybridized carbons (Fsp3) is 0.385. The lowest BCUT2D eigenvalue weighted by molar-refractivity contribution is -0.141. The number of azo groups is 1. The molecule has 272 valence electrons. The van der Waals surface area contributed by atoms with E-state index in [0.717, 1.165) is 66.8 Å². The number of fused-ring (bicyclic) bond motifs is 8. The molecule has 1 unspecified atom stereocenters. The van der Waals surface area contributed by atoms with E-state index in [9.17, 15) is 14.7 Å². The molecular weight excluding hydrogens is 677 g/mol. The summed E-state index contributed by atoms with van der Waals surface area (Å²) in [7, 11) is 5.09. The number of hydrogen-bond donors (Lipinski definition) is 4. The van der Waals surface area contributed by atoms with Gasteiger partial charge in [-0.3, -0.25) is 9.59 Å². The largest absolute Gasteiger partial charge is 0.469 e. The molecule has 3 aromatic rings. The molecule has 3 aliphatic heterocycles. The number of carbonyl (C=O) groups is 2. The normalized spacial score (nSPS) is 22.7. The van der Waals surface area contributed by atoms with Gasteiger partial charge in [-0.2, -0.15) is 10.2 Å². The molecule has 0 amide bonds. The monoisotopic (exact) mass is 723 g/mol. The van der Waals surface area contributed by atoms with Crippen LogP contribution in [0, 0.1) is 13.8 Å². The number of aliphatic hydroxyl groups is 1. The Morgan fingerprint density at radius 1 is 0.808 bits per heavy atom. The van der Waals surface area contributed by atoms with E-state index in [1.165, 1.54) is 14.2 Å². The first-order valence-corrected chi connectivity index (χ1v) is 17.7. The molecule has 0 radical (unpaired) electrons. The van der Waals surface area contributed by atoms with Crippen molar-refractivity contribution in [3.05, 3.63) is 75.9 Å². The first-order chi connectivity index (χ1) is 24.5. The van der Waals surface area contributed by atoms with Gasteiger partial charge in [-0.1, -0.05) is 21.9 Å². The number of H-pyrrole nitrogens is 2. The van der Waals surface area contributed by atoms with Crippen molar-refractivity contribution >= 4 is 71.6 Å². The van der Waals surface area contributed by atoms with Crippen molar-refractivity contribution in [1.29, 1.82) is 0 Å². The van der Waals surface area contributed by atoms with E-state index >= 15 is 0 Å². The number of esters is 2. The second-order valence-corrected chi connectivity index (χ2v) is 14.9. The van der Waals surface area contributed by atoms with Gasteiger partial charge in [0.25, 0.3) is 0 Å². The van der Waals surface area contributed by atoms with Gasteiger partial charge in [0.2, 0.25) is 5.47 Å². The van der Waals surface area contributed by atoms with Crippen molar-refractivity contribution in [2.24, 2.45) is 16.0 Å². The quantitative estimate of drug-likeness (QED) is 0.138. The highest BCUT2D eigenvalue weighted by Crippen LogP contribution is 2.53. The second kappa shape index (κ2) is 13.3. The molecule has 3 aliphatic rings. The Morgan fingerprint density at radius 3 is 1.79 bits per heavy atom. The number of aromatic nitrogens is 4. The fourth-order valence-corrected chi connectivity index (χ4v) is 7.70. The van der Waals surface area contributed by atoms with Crippen molar-refractivity contribution in [2.45, 2.75) is 83.8 Å². The zero-order chi connectivity index (χ0) is 37.9. The Kier molecular flexibility index (Phi) is 9.49. The maximum atomic E-state index is 12.4. The van der Waals surface area contributed by atoms with Gasteiger partial charge in [-0.05, 0) is 112 Å². The molecule has 5 N–H and O–H groups in total. The number of nitrogens with zero attached hydrogens (tertiary/aromatic N) is 4. The van der Waals surface area contributed by atoms with Crippen molar-refractivity contribution in [3.8, 4) is 0 Å². The van der Waals surface area contributed by atoms with E-state index in [4.69, 9.17) is 25.2 Å². The predicted octanol–water partition coefficient (Wildman–Crippen LogP) is 7.26. The number of aromatic amines is 2. The van der Waals surface area contributed by atoms with Crippen molar-refractivity contribution in [3.63, 3.8) is 0 Å². The molecule has 12 nitrogen and oxygen atoms in total. The molecule has 0 saturated carbocycles. The van der Waals surface area contributed by atoms with Crippen LogP contribution in [0.5, 0.6) is 0 Å². The lowest BCUT2D eigenvalue weighted by Gasteiger charge is -2.40. The zero-order valence-corrected chi connectivity index (χ0v) is 32.1. The van der Waals surface area contributed by atoms with E-state index in [2.05, 4.69) is 36.0 Å². The maximum absolute atomic E-state index is 12.4. The van der Waals surface area contributed by atoms with E-state index in [1.54, 1.807) is 6.92 Å². The Bertz CT molecular complexity index is 2310. The summed E-state index contributed by atoms with van der Waals surface area (Å²) in [6.45, 7) is 15.7. The fourth-order valence-electron chi connectivity index (χ4n) is 7.36. The van der Waals surface area contributed by atoms with Gasteiger partial charge in [0.15, 0.2) is 0 Å². The van der Waals surface area contributed by atoms with Crippen LogP contribution < -0.4 is 5.73 Å². The molecule has 6 rings (SSSR count). The van der Waals surface area contributed by atoms with E-state index in [-0.39, 0.29) is 24.8 Å². The molecule has 0 fully saturated rings. The van der Waals surface area contributed by atoms with Crippen LogP contribution in [0.3, 0.4) is 0 Å². The molecule has 0 spiro atoms. The first-order valence-electron chi connectivity index (χ1n) is 17.1. The lowest BCUT2D eigenvalue weighted by atomic mass is 9.74. The summed E-state index contributed by atoms with van der Waals surface area (Å²) in [4.78, 5) is 42.1. The topological polar surface area (TPSA) is 181 Å². The molecule has 0 saturated heterocycles. The molecule has 4 atom stereocenters. The number of ether oxygens (including phenoxy) is 2. The van der Waals surface area contributed by atoms with Crippen LogP contribution in [0.1, 0.15) is 98.4 Å². The zero-order valence-electron chi connectivity index (χ0n) is 30.9. The van der Waals surface area contributed by atoms with Crippen LogP contribution in [-0.2, 0) is 24.6 Å². The van der Waals surface area contributed by atoms with Gasteiger partial charge in [-0.25, -0.2) is 9.97 Å². The van der Waals surface area contributed by atoms with Gasteiger partial charge in [0.1, 0.15) is 5.54 Å². The number of allylic oxidation sites excluding steroid dienone is 4. The maximum Gasteiger partial charge on any atom is 0.305 e. The summed E-state index contributed by atoms with van der Waals surface area (Å²) in [5.74, 6) is -0.647. The van der Waals surface area contributed by atoms with Gasteiger partial charge < -0.3 is 30.3 Å². The Balaban J connectivity index is 1.75. The third-order valence-corrected chi connectivity index (χ3v) is 11.8. The van der Waals surface area contributed by atoms with E-state index < -0.39 is 16.5 Å². The smallest absolute Gasteiger partial charge is 0.305 e. The molecule has 3 aromatic heterocycles. The van der Waals surface area contributed by atoms with E-state index in [1.807, 2.05) is 65.0 Å². The van der Waals surface area contributed by atoms with Crippen LogP contribution in [0.4, 0.5) is 0 Å². The Morgan fingerprint density at radius 2 is 1.31 bits per heavy atom. The minimum atomic E-state index is -1.70. The molecule has 52 heavy (non-hydrogen) atoms. The highest BCUT2D eigenvalue weighted by Gasteiger charge is 2.61. The average Bonchev–Trinajstić information content (AvgIpc) is 3.80. The predicted molar refractivity (Wildman–Crippen MR) is 208 cm³/mol. The molecule has 13 heteroatoms. The molecule has 0 aliphatic carbocycles. The lowest BCUT2D eigenvalue weighted by Crippen LogP contribution is -2.61. The van der Waals surface area contributed by atoms with Crippen molar-refractivity contribution in [2.75, 3.05) is 14.2 Å². The number of nitrogens with one attached hydrogen (secondary N) is 2. The number of methoxy groups -OCH3 is 2. The SMILES string of the molecule is C=Cc1c(C)c2cc3nc(cc4nc(cc5[nH]c(cc1[nH]2)c(C)c5[C@@]1(C)N=N[C@](O)(P)[C@@]1(C)N)C(C)=C4CCC(=O)OC)C(CCC(=O)OC)=C3C. The Hall–Kier alpha value is -4.77. The van der Waals surface area contributed by atoms with Crippen molar-refractivity contribution < 1.29 is 24.2 Å². The molecule has 6 heterocycles. The van der Waals surface area contributed by atoms with Crippen LogP contribution in [0.25, 0.3) is 50.4 Å². The van der Waals surface area contributed by atoms with Crippen LogP contribution in [-0.4, -0.2) is 62.2 Å². The third-order valence-electron chi connectivity index (χ3n) is 11.1. The Labute approximate surface area is 305 Å². The van der Waals surface area contributed by atoms with Gasteiger partial charge >= 0.3 is 11.9 Å². The minimum Gasteiger partial charge on any atom is -0.469 e. The van der Waals surface area contributed by atoms with Gasteiger partial charge in [0.05, 0.1) is 42.5 Å². The molecular formula is C39H46N7O5P. The summed E-state index contributed by atoms with van der Waals surface area (Å²) in [6.07, 6.45) is 2.98. The summed E-state index contributed by atoms with van der Waals surface area (Å²) < 4.78 is 9.95. The van der Waals surface area contributed by atoms with Crippen LogP contribution in [0.2, 0.25) is 0 Å². The highest BCUT2D eigenvalue weighted by molar-refractivity contribution is 7.18. The number of hydrogen-bond acceptors (Lipinski definition) is 10. The molecule has 8 bridgehead atoms. The number of carbonyl (C=O) groups excluding carboxylic acids is 2. The molecule has 0 aromatic carbocycles. The number of aryl methyl sites for hydroxylation is 2. The number of nitrogens with two attached hydrogens (primary N) is 1. The first kappa shape index (κ1) is 37.0. The average molecular weight is 724 g/mol. The van der Waals surface area contributed by atoms with Gasteiger partial charge in [-0.15, -0.1) is 0 Å². The van der Waals surface area contributed by atoms with Crippen LogP contribution >= 0.6 is 9.24 Å². The van der Waals surface area contributed by atoms with Gasteiger partial charge in [0, 0.05) is 46.0 Å². The van der Waals surface area contributed by atoms with E-state index in [0.29, 0.717) is 35.4 Å². The highest BCUT2D eigenvalue weighted by atomic mass is 31.0.